The lowest BCUT2D eigenvalue weighted by atomic mass is 9.72. The molecule has 0 radical (unpaired) electrons. The molecule has 2 rings (SSSR count). The highest BCUT2D eigenvalue weighted by molar-refractivity contribution is 5.85. The lowest BCUT2D eigenvalue weighted by Gasteiger charge is -2.33. The van der Waals surface area contributed by atoms with Crippen molar-refractivity contribution >= 4 is 5.97 Å². The third kappa shape index (κ3) is 2.26. The van der Waals surface area contributed by atoms with Crippen LogP contribution in [0.15, 0.2) is 6.07 Å². The zero-order chi connectivity index (χ0) is 11.8. The molecule has 1 aromatic rings. The zero-order valence-electron chi connectivity index (χ0n) is 9.79. The number of nitrogens with one attached hydrogen (secondary N) is 1. The van der Waals surface area contributed by atoms with Crippen molar-refractivity contribution in [3.8, 4) is 0 Å². The largest absolute Gasteiger partial charge is 0.476 e. The molecule has 1 aromatic heterocycles. The van der Waals surface area contributed by atoms with Gasteiger partial charge in [0.1, 0.15) is 0 Å². The third-order valence-electron chi connectivity index (χ3n) is 3.60. The highest BCUT2D eigenvalue weighted by Crippen LogP contribution is 2.41. The first-order chi connectivity index (χ1) is 7.48. The summed E-state index contributed by atoms with van der Waals surface area (Å²) in [5.74, 6) is -0.507. The predicted molar refractivity (Wildman–Crippen MR) is 60.5 cm³/mol. The van der Waals surface area contributed by atoms with Gasteiger partial charge in [-0.1, -0.05) is 13.8 Å². The van der Waals surface area contributed by atoms with E-state index in [1.807, 2.05) is 0 Å². The Hall–Kier alpha value is -1.32. The van der Waals surface area contributed by atoms with Crippen LogP contribution in [0.1, 0.15) is 61.6 Å². The quantitative estimate of drug-likeness (QED) is 0.808. The second-order valence-corrected chi connectivity index (χ2v) is 5.45. The fourth-order valence-corrected chi connectivity index (χ4v) is 2.37. The van der Waals surface area contributed by atoms with Gasteiger partial charge in [-0.2, -0.15) is 5.10 Å². The minimum Gasteiger partial charge on any atom is -0.476 e. The molecule has 16 heavy (non-hydrogen) atoms. The van der Waals surface area contributed by atoms with Gasteiger partial charge in [-0.15, -0.1) is 0 Å². The van der Waals surface area contributed by atoms with E-state index in [0.717, 1.165) is 18.5 Å². The van der Waals surface area contributed by atoms with Crippen LogP contribution in [0.5, 0.6) is 0 Å². The van der Waals surface area contributed by atoms with Gasteiger partial charge in [-0.05, 0) is 37.2 Å². The lowest BCUT2D eigenvalue weighted by Crippen LogP contribution is -2.20. The molecule has 1 saturated carbocycles. The summed E-state index contributed by atoms with van der Waals surface area (Å²) in [5, 5.41) is 15.5. The molecule has 0 amide bonds. The van der Waals surface area contributed by atoms with Gasteiger partial charge in [0.05, 0.1) is 0 Å². The second-order valence-electron chi connectivity index (χ2n) is 5.45. The molecule has 88 valence electrons. The zero-order valence-corrected chi connectivity index (χ0v) is 9.79. The Kier molecular flexibility index (Phi) is 2.74. The molecule has 2 N–H and O–H groups in total. The smallest absolute Gasteiger partial charge is 0.356 e. The van der Waals surface area contributed by atoms with E-state index in [-0.39, 0.29) is 5.69 Å². The minimum atomic E-state index is -0.960. The Balaban J connectivity index is 2.05. The summed E-state index contributed by atoms with van der Waals surface area (Å²) in [5.41, 5.74) is 1.54. The Morgan fingerprint density at radius 1 is 1.50 bits per heavy atom. The van der Waals surface area contributed by atoms with Crippen molar-refractivity contribution in [2.24, 2.45) is 5.41 Å². The number of rotatable bonds is 2. The Bertz CT molecular complexity index is 385. The molecule has 1 fully saturated rings. The van der Waals surface area contributed by atoms with Gasteiger partial charge in [-0.3, -0.25) is 5.10 Å². The summed E-state index contributed by atoms with van der Waals surface area (Å²) in [7, 11) is 0. The number of carbonyl (C=O) groups is 1. The van der Waals surface area contributed by atoms with Crippen molar-refractivity contribution in [3.63, 3.8) is 0 Å². The van der Waals surface area contributed by atoms with Gasteiger partial charge in [0.2, 0.25) is 0 Å². The summed E-state index contributed by atoms with van der Waals surface area (Å²) < 4.78 is 0. The average molecular weight is 222 g/mol. The number of H-pyrrole nitrogens is 1. The topological polar surface area (TPSA) is 66.0 Å². The van der Waals surface area contributed by atoms with Gasteiger partial charge in [0.15, 0.2) is 5.69 Å². The molecule has 0 aliphatic heterocycles. The number of hydrogen-bond donors (Lipinski definition) is 2. The number of nitrogens with zero attached hydrogens (tertiary/aromatic N) is 1. The molecule has 0 atom stereocenters. The van der Waals surface area contributed by atoms with Crippen LogP contribution in [0.25, 0.3) is 0 Å². The third-order valence-corrected chi connectivity index (χ3v) is 3.60. The Morgan fingerprint density at radius 3 is 2.62 bits per heavy atom. The van der Waals surface area contributed by atoms with E-state index in [1.165, 1.54) is 12.8 Å². The summed E-state index contributed by atoms with van der Waals surface area (Å²) >= 11 is 0. The number of hydrogen-bond acceptors (Lipinski definition) is 2. The number of aromatic carboxylic acids is 1. The lowest BCUT2D eigenvalue weighted by molar-refractivity contribution is 0.0690. The predicted octanol–water partition coefficient (Wildman–Crippen LogP) is 2.79. The van der Waals surface area contributed by atoms with Crippen molar-refractivity contribution in [2.45, 2.75) is 45.4 Å². The summed E-state index contributed by atoms with van der Waals surface area (Å²) in [6, 6.07) is 1.67. The van der Waals surface area contributed by atoms with Crippen molar-refractivity contribution < 1.29 is 9.90 Å². The summed E-state index contributed by atoms with van der Waals surface area (Å²) in [4.78, 5) is 10.7. The fraction of sp³-hybridized carbons (Fsp3) is 0.667. The number of aromatic nitrogens is 2. The van der Waals surface area contributed by atoms with E-state index in [2.05, 4.69) is 24.0 Å². The van der Waals surface area contributed by atoms with Crippen LogP contribution in [0.4, 0.5) is 0 Å². The second kappa shape index (κ2) is 3.92. The molecule has 4 heteroatoms. The molecular weight excluding hydrogens is 204 g/mol. The fourth-order valence-electron chi connectivity index (χ4n) is 2.37. The molecule has 0 bridgehead atoms. The first-order valence-corrected chi connectivity index (χ1v) is 5.76. The van der Waals surface area contributed by atoms with Gasteiger partial charge in [0, 0.05) is 11.6 Å². The van der Waals surface area contributed by atoms with Crippen molar-refractivity contribution in [1.29, 1.82) is 0 Å². The van der Waals surface area contributed by atoms with E-state index in [0.29, 0.717) is 11.3 Å². The maximum atomic E-state index is 10.7. The maximum Gasteiger partial charge on any atom is 0.356 e. The molecule has 0 spiro atoms. The van der Waals surface area contributed by atoms with Crippen LogP contribution in [-0.4, -0.2) is 21.3 Å². The van der Waals surface area contributed by atoms with Crippen LogP contribution in [0.2, 0.25) is 0 Å². The summed E-state index contributed by atoms with van der Waals surface area (Å²) in [6.07, 6.45) is 4.63. The average Bonchev–Trinajstić information content (AvgIpc) is 2.66. The minimum absolute atomic E-state index is 0.125. The number of carboxylic acid groups (broad SMARTS) is 1. The van der Waals surface area contributed by atoms with Gasteiger partial charge >= 0.3 is 5.97 Å². The molecular formula is C12H18N2O2. The van der Waals surface area contributed by atoms with E-state index >= 15 is 0 Å². The van der Waals surface area contributed by atoms with Crippen LogP contribution >= 0.6 is 0 Å². The molecule has 1 aliphatic rings. The van der Waals surface area contributed by atoms with Gasteiger partial charge in [0.25, 0.3) is 0 Å². The van der Waals surface area contributed by atoms with E-state index in [9.17, 15) is 4.79 Å². The molecule has 4 nitrogen and oxygen atoms in total. The first-order valence-electron chi connectivity index (χ1n) is 5.76. The number of carboxylic acids is 1. The van der Waals surface area contributed by atoms with Crippen molar-refractivity contribution in [2.75, 3.05) is 0 Å². The molecule has 0 unspecified atom stereocenters. The van der Waals surface area contributed by atoms with E-state index < -0.39 is 5.97 Å². The maximum absolute atomic E-state index is 10.7. The highest BCUT2D eigenvalue weighted by atomic mass is 16.4. The van der Waals surface area contributed by atoms with E-state index in [1.54, 1.807) is 6.07 Å². The molecule has 1 heterocycles. The summed E-state index contributed by atoms with van der Waals surface area (Å²) in [6.45, 7) is 4.58. The van der Waals surface area contributed by atoms with Crippen LogP contribution in [0, 0.1) is 5.41 Å². The first kappa shape index (κ1) is 11.2. The van der Waals surface area contributed by atoms with E-state index in [4.69, 9.17) is 5.11 Å². The monoisotopic (exact) mass is 222 g/mol. The highest BCUT2D eigenvalue weighted by Gasteiger charge is 2.28. The number of aromatic amines is 1. The van der Waals surface area contributed by atoms with Crippen molar-refractivity contribution in [1.82, 2.24) is 10.2 Å². The van der Waals surface area contributed by atoms with Gasteiger partial charge in [-0.25, -0.2) is 4.79 Å². The van der Waals surface area contributed by atoms with Crippen LogP contribution < -0.4 is 0 Å². The SMILES string of the molecule is CC1(C)CCC(c2cc(C(=O)O)n[nH]2)CC1. The Labute approximate surface area is 95.1 Å². The molecule has 1 aliphatic carbocycles. The van der Waals surface area contributed by atoms with Crippen molar-refractivity contribution in [3.05, 3.63) is 17.5 Å². The van der Waals surface area contributed by atoms with Crippen LogP contribution in [0.3, 0.4) is 0 Å². The molecule has 0 aromatic carbocycles. The molecule has 0 saturated heterocycles. The van der Waals surface area contributed by atoms with Gasteiger partial charge < -0.3 is 5.11 Å². The standard InChI is InChI=1S/C12H18N2O2/c1-12(2)5-3-8(4-6-12)9-7-10(11(15)16)14-13-9/h7-8H,3-6H2,1-2H3,(H,13,14)(H,15,16). The Morgan fingerprint density at radius 2 is 2.12 bits per heavy atom. The van der Waals surface area contributed by atoms with Crippen LogP contribution in [-0.2, 0) is 0 Å². The normalized spacial score (nSPS) is 20.9.